The third-order valence-corrected chi connectivity index (χ3v) is 6.89. The lowest BCUT2D eigenvalue weighted by atomic mass is 10.0. The highest BCUT2D eigenvalue weighted by atomic mass is 31.1. The molecule has 3 heteroatoms. The Labute approximate surface area is 175 Å². The molecule has 0 aliphatic carbocycles. The van der Waals surface area contributed by atoms with Crippen LogP contribution in [0.5, 0.6) is 0 Å². The van der Waals surface area contributed by atoms with Crippen LogP contribution in [0.4, 0.5) is 0 Å². The van der Waals surface area contributed by atoms with Gasteiger partial charge in [0.15, 0.2) is 0 Å². The lowest BCUT2D eigenvalue weighted by Crippen LogP contribution is -2.24. The summed E-state index contributed by atoms with van der Waals surface area (Å²) in [6.07, 6.45) is 0.795. The molecule has 0 heterocycles. The van der Waals surface area contributed by atoms with Gasteiger partial charge in [-0.1, -0.05) is 84.9 Å². The Morgan fingerprint density at radius 3 is 1.83 bits per heavy atom. The lowest BCUT2D eigenvalue weighted by molar-refractivity contribution is -0.147. The molecule has 29 heavy (non-hydrogen) atoms. The van der Waals surface area contributed by atoms with Gasteiger partial charge in [-0.3, -0.25) is 0 Å². The average Bonchev–Trinajstić information content (AvgIpc) is 2.72. The summed E-state index contributed by atoms with van der Waals surface area (Å²) in [4.78, 5) is 12.6. The number of hydrogen-bond donors (Lipinski definition) is 0. The summed E-state index contributed by atoms with van der Waals surface area (Å²) in [6.45, 7) is 11.8. The molecule has 3 aromatic carbocycles. The van der Waals surface area contributed by atoms with Gasteiger partial charge in [0.05, 0.1) is 5.57 Å². The van der Waals surface area contributed by atoms with Gasteiger partial charge >= 0.3 is 5.97 Å². The van der Waals surface area contributed by atoms with Crippen LogP contribution < -0.4 is 10.6 Å². The second kappa shape index (κ2) is 9.20. The molecule has 0 unspecified atom stereocenters. The van der Waals surface area contributed by atoms with E-state index in [4.69, 9.17) is 11.3 Å². The Balaban J connectivity index is 1.96. The molecule has 0 amide bonds. The van der Waals surface area contributed by atoms with Gasteiger partial charge in [0, 0.05) is 6.16 Å². The molecule has 2 nitrogen and oxygen atoms in total. The summed E-state index contributed by atoms with van der Waals surface area (Å²) in [5.41, 5.74) is 1.37. The summed E-state index contributed by atoms with van der Waals surface area (Å²) in [6, 6.07) is 28.9. The van der Waals surface area contributed by atoms with Gasteiger partial charge < -0.3 is 4.74 Å². The molecule has 0 aliphatic heterocycles. The number of hydrogen-bond acceptors (Lipinski definition) is 2. The fourth-order valence-corrected chi connectivity index (χ4v) is 5.43. The minimum absolute atomic E-state index is 0.159. The number of esters is 1. The van der Waals surface area contributed by atoms with Crippen molar-refractivity contribution in [1.29, 1.82) is 0 Å². The van der Waals surface area contributed by atoms with E-state index < -0.39 is 19.5 Å². The first kappa shape index (κ1) is 21.0. The maximum Gasteiger partial charge on any atom is 0.339 e. The van der Waals surface area contributed by atoms with E-state index in [1.54, 1.807) is 0 Å². The molecule has 0 aromatic heterocycles. The molecule has 3 rings (SSSR count). The van der Waals surface area contributed by atoms with Crippen molar-refractivity contribution in [2.24, 2.45) is 0 Å². The first-order chi connectivity index (χ1) is 13.8. The van der Waals surface area contributed by atoms with Gasteiger partial charge in [-0.25, -0.2) is 4.79 Å². The van der Waals surface area contributed by atoms with E-state index in [1.165, 1.54) is 10.6 Å². The highest BCUT2D eigenvalue weighted by molar-refractivity contribution is 7.72. The molecular formula is C26H26O2P. The second-order valence-electron chi connectivity index (χ2n) is 7.83. The van der Waals surface area contributed by atoms with Crippen molar-refractivity contribution in [3.8, 4) is 0 Å². The summed E-state index contributed by atoms with van der Waals surface area (Å²) >= 11 is 0. The maximum absolute atomic E-state index is 12.6. The van der Waals surface area contributed by atoms with Crippen molar-refractivity contribution >= 4 is 30.1 Å². The van der Waals surface area contributed by atoms with Gasteiger partial charge in [-0.15, -0.1) is 0 Å². The Bertz CT molecular complexity index is 933. The van der Waals surface area contributed by atoms with Crippen molar-refractivity contribution in [2.45, 2.75) is 32.5 Å². The summed E-state index contributed by atoms with van der Waals surface area (Å²) < 4.78 is 5.49. The lowest BCUT2D eigenvalue weighted by Gasteiger charge is -2.23. The van der Waals surface area contributed by atoms with E-state index in [9.17, 15) is 4.79 Å². The van der Waals surface area contributed by atoms with Crippen LogP contribution in [0.25, 0.3) is 5.57 Å². The fourth-order valence-electron chi connectivity index (χ4n) is 3.08. The van der Waals surface area contributed by atoms with E-state index in [1.807, 2.05) is 57.2 Å². The zero-order valence-electron chi connectivity index (χ0n) is 17.1. The average molecular weight is 401 g/mol. The topological polar surface area (TPSA) is 26.3 Å². The number of benzene rings is 3. The van der Waals surface area contributed by atoms with E-state index >= 15 is 0 Å². The standard InChI is InChI=1S/C26H26O2P/c1-20(25(27)28-26(2,3)4)24-18-12-11-13-21(24)19-29(22-14-7-5-8-15-22)23-16-9-6-10-17-23/h1,5-18H,19H2,2-4H3. The monoisotopic (exact) mass is 401 g/mol. The Hall–Kier alpha value is -2.70. The van der Waals surface area contributed by atoms with Crippen LogP contribution in [-0.2, 0) is 15.7 Å². The van der Waals surface area contributed by atoms with Crippen LogP contribution in [0, 0.1) is 6.58 Å². The van der Waals surface area contributed by atoms with Crippen molar-refractivity contribution in [3.63, 3.8) is 0 Å². The van der Waals surface area contributed by atoms with E-state index in [2.05, 4.69) is 48.5 Å². The van der Waals surface area contributed by atoms with Crippen LogP contribution in [0.2, 0.25) is 0 Å². The van der Waals surface area contributed by atoms with Crippen molar-refractivity contribution in [2.75, 3.05) is 0 Å². The molecule has 0 N–H and O–H groups in total. The highest BCUT2D eigenvalue weighted by Crippen LogP contribution is 2.39. The zero-order chi connectivity index (χ0) is 20.9. The Morgan fingerprint density at radius 1 is 0.828 bits per heavy atom. The van der Waals surface area contributed by atoms with Crippen molar-refractivity contribution in [3.05, 3.63) is 103 Å². The molecule has 0 saturated heterocycles. The summed E-state index contributed by atoms with van der Waals surface area (Å²) in [5.74, 6) is -0.478. The van der Waals surface area contributed by atoms with E-state index in [0.717, 1.165) is 17.3 Å². The molecule has 3 aromatic rings. The molecule has 0 saturated carbocycles. The van der Waals surface area contributed by atoms with E-state index in [0.29, 0.717) is 0 Å². The van der Waals surface area contributed by atoms with Crippen LogP contribution in [0.3, 0.4) is 0 Å². The minimum Gasteiger partial charge on any atom is -0.456 e. The fraction of sp³-hybridized carbons (Fsp3) is 0.192. The molecule has 0 atom stereocenters. The number of carbonyl (C=O) groups excluding carboxylic acids is 1. The van der Waals surface area contributed by atoms with Crippen molar-refractivity contribution in [1.82, 2.24) is 0 Å². The quantitative estimate of drug-likeness (QED) is 0.311. The third-order valence-electron chi connectivity index (χ3n) is 4.39. The summed E-state index contributed by atoms with van der Waals surface area (Å²) in [7, 11) is -0.635. The molecule has 0 bridgehead atoms. The predicted molar refractivity (Wildman–Crippen MR) is 123 cm³/mol. The van der Waals surface area contributed by atoms with Gasteiger partial charge in [0.2, 0.25) is 0 Å². The zero-order valence-corrected chi connectivity index (χ0v) is 18.0. The largest absolute Gasteiger partial charge is 0.456 e. The third kappa shape index (κ3) is 5.65. The maximum atomic E-state index is 12.6. The smallest absolute Gasteiger partial charge is 0.339 e. The number of ether oxygens (including phenoxy) is 1. The second-order valence-corrected chi connectivity index (χ2v) is 10.0. The Kier molecular flexibility index (Phi) is 6.67. The molecule has 0 spiro atoms. The van der Waals surface area contributed by atoms with Crippen molar-refractivity contribution < 1.29 is 9.53 Å². The van der Waals surface area contributed by atoms with Gasteiger partial charge in [0.1, 0.15) is 5.60 Å². The van der Waals surface area contributed by atoms with Crippen LogP contribution in [0.1, 0.15) is 31.9 Å². The van der Waals surface area contributed by atoms with Gasteiger partial charge in [-0.05, 0) is 57.0 Å². The highest BCUT2D eigenvalue weighted by Gasteiger charge is 2.23. The van der Waals surface area contributed by atoms with Gasteiger partial charge in [-0.2, -0.15) is 0 Å². The molecule has 0 fully saturated rings. The molecule has 0 aliphatic rings. The molecule has 1 radical (unpaired) electrons. The van der Waals surface area contributed by atoms with Crippen LogP contribution in [0.15, 0.2) is 84.9 Å². The van der Waals surface area contributed by atoms with Crippen LogP contribution >= 0.6 is 7.92 Å². The first-order valence-electron chi connectivity index (χ1n) is 9.67. The predicted octanol–water partition coefficient (Wildman–Crippen LogP) is 5.48. The number of carbonyl (C=O) groups is 1. The number of rotatable bonds is 6. The minimum atomic E-state index is -0.635. The summed E-state index contributed by atoms with van der Waals surface area (Å²) in [5, 5.41) is 2.58. The normalized spacial score (nSPS) is 11.3. The first-order valence-corrected chi connectivity index (χ1v) is 11.2. The van der Waals surface area contributed by atoms with Gasteiger partial charge in [0.25, 0.3) is 0 Å². The SMILES string of the molecule is [CH]=C(C(=O)OC(C)(C)C)c1ccccc1CP(c1ccccc1)c1ccccc1. The van der Waals surface area contributed by atoms with Crippen LogP contribution in [-0.4, -0.2) is 11.6 Å². The van der Waals surface area contributed by atoms with E-state index in [-0.39, 0.29) is 5.57 Å². The molecule has 147 valence electrons. The molecular weight excluding hydrogens is 375 g/mol. The Morgan fingerprint density at radius 2 is 1.31 bits per heavy atom.